The Bertz CT molecular complexity index is 347. The van der Waals surface area contributed by atoms with E-state index in [0.29, 0.717) is 32.2 Å². The third kappa shape index (κ3) is 8.59. The fourth-order valence-corrected chi connectivity index (χ4v) is 1.39. The van der Waals surface area contributed by atoms with E-state index < -0.39 is 0 Å². The molecule has 0 spiro atoms. The molecule has 0 bridgehead atoms. The Balaban J connectivity index is 0.00000324. The summed E-state index contributed by atoms with van der Waals surface area (Å²) in [5.74, 6) is 0.0326. The normalized spacial score (nSPS) is 11.5. The molecule has 1 rings (SSSR count). The largest absolute Gasteiger partial charge is 0.376 e. The molecule has 0 saturated heterocycles. The smallest absolute Gasteiger partial charge is 0.222 e. The molecule has 19 heavy (non-hydrogen) atoms. The molecule has 0 heterocycles. The fourth-order valence-electron chi connectivity index (χ4n) is 1.39. The van der Waals surface area contributed by atoms with Crippen LogP contribution in [-0.4, -0.2) is 32.1 Å². The maximum Gasteiger partial charge on any atom is 0.222 e. The quantitative estimate of drug-likeness (QED) is 0.716. The highest BCUT2D eigenvalue weighted by Crippen LogP contribution is 2.00. The second kappa shape index (κ2) is 10.8. The van der Waals surface area contributed by atoms with Crippen LogP contribution in [0.2, 0.25) is 0 Å². The maximum atomic E-state index is 11.5. The molecule has 2 N–H and O–H groups in total. The van der Waals surface area contributed by atoms with Crippen molar-refractivity contribution in [2.75, 3.05) is 20.2 Å². The third-order valence-electron chi connectivity index (χ3n) is 2.68. The van der Waals surface area contributed by atoms with Crippen molar-refractivity contribution in [1.29, 1.82) is 0 Å². The summed E-state index contributed by atoms with van der Waals surface area (Å²) in [6.45, 7) is 3.68. The molecule has 0 saturated carbocycles. The molecule has 108 valence electrons. The number of amides is 1. The molecular formula is C14H23ClN2O2. The van der Waals surface area contributed by atoms with Crippen LogP contribution in [0.1, 0.15) is 18.9 Å². The minimum absolute atomic E-state index is 0. The number of ether oxygens (including phenoxy) is 1. The van der Waals surface area contributed by atoms with E-state index in [2.05, 4.69) is 10.6 Å². The zero-order valence-electron chi connectivity index (χ0n) is 11.5. The molecule has 1 unspecified atom stereocenters. The summed E-state index contributed by atoms with van der Waals surface area (Å²) >= 11 is 0. The predicted molar refractivity (Wildman–Crippen MR) is 79.5 cm³/mol. The maximum absolute atomic E-state index is 11.5. The molecule has 0 aliphatic rings. The molecule has 1 atom stereocenters. The first kappa shape index (κ1) is 17.9. The van der Waals surface area contributed by atoms with Gasteiger partial charge in [-0.1, -0.05) is 30.3 Å². The molecule has 4 nitrogen and oxygen atoms in total. The zero-order valence-corrected chi connectivity index (χ0v) is 12.3. The standard InChI is InChI=1S/C14H22N2O2.ClH/c1-12(15-2)10-16-14(17)8-9-18-11-13-6-4-3-5-7-13;/h3-7,12,15H,8-11H2,1-2H3,(H,16,17);1H. The molecule has 0 aliphatic carbocycles. The lowest BCUT2D eigenvalue weighted by Crippen LogP contribution is -2.37. The molecule has 0 radical (unpaired) electrons. The van der Waals surface area contributed by atoms with Crippen molar-refractivity contribution in [3.8, 4) is 0 Å². The minimum Gasteiger partial charge on any atom is -0.376 e. The van der Waals surface area contributed by atoms with Gasteiger partial charge in [0.1, 0.15) is 0 Å². The van der Waals surface area contributed by atoms with Gasteiger partial charge < -0.3 is 15.4 Å². The summed E-state index contributed by atoms with van der Waals surface area (Å²) in [6, 6.07) is 10.2. The summed E-state index contributed by atoms with van der Waals surface area (Å²) in [7, 11) is 1.87. The number of rotatable bonds is 8. The summed E-state index contributed by atoms with van der Waals surface area (Å²) in [6.07, 6.45) is 0.406. The van der Waals surface area contributed by atoms with Gasteiger partial charge in [-0.2, -0.15) is 0 Å². The van der Waals surface area contributed by atoms with E-state index in [1.165, 1.54) is 0 Å². The van der Waals surface area contributed by atoms with Crippen molar-refractivity contribution in [3.05, 3.63) is 35.9 Å². The fraction of sp³-hybridized carbons (Fsp3) is 0.500. The Kier molecular flexibility index (Phi) is 10.2. The van der Waals surface area contributed by atoms with Gasteiger partial charge in [0, 0.05) is 19.0 Å². The Hall–Kier alpha value is -1.10. The topological polar surface area (TPSA) is 50.4 Å². The summed E-state index contributed by atoms with van der Waals surface area (Å²) in [4.78, 5) is 11.5. The SMILES string of the molecule is CNC(C)CNC(=O)CCOCc1ccccc1.Cl. The Morgan fingerprint density at radius 1 is 1.32 bits per heavy atom. The van der Waals surface area contributed by atoms with Crippen LogP contribution in [-0.2, 0) is 16.1 Å². The first-order valence-corrected chi connectivity index (χ1v) is 6.28. The lowest BCUT2D eigenvalue weighted by Gasteiger charge is -2.11. The number of hydrogen-bond acceptors (Lipinski definition) is 3. The molecule has 1 aromatic carbocycles. The van der Waals surface area contributed by atoms with Gasteiger partial charge >= 0.3 is 0 Å². The van der Waals surface area contributed by atoms with Crippen LogP contribution >= 0.6 is 12.4 Å². The van der Waals surface area contributed by atoms with Crippen LogP contribution in [0.3, 0.4) is 0 Å². The highest BCUT2D eigenvalue weighted by Gasteiger charge is 2.03. The van der Waals surface area contributed by atoms with Crippen LogP contribution < -0.4 is 10.6 Å². The van der Waals surface area contributed by atoms with Gasteiger partial charge in [-0.15, -0.1) is 12.4 Å². The minimum atomic E-state index is 0. The van der Waals surface area contributed by atoms with Gasteiger partial charge in [0.2, 0.25) is 5.91 Å². The molecule has 5 heteroatoms. The number of carbonyl (C=O) groups excluding carboxylic acids is 1. The molecule has 0 fully saturated rings. The van der Waals surface area contributed by atoms with Crippen LogP contribution in [0, 0.1) is 0 Å². The molecular weight excluding hydrogens is 264 g/mol. The second-order valence-corrected chi connectivity index (χ2v) is 4.28. The van der Waals surface area contributed by atoms with E-state index in [4.69, 9.17) is 4.74 Å². The lowest BCUT2D eigenvalue weighted by molar-refractivity contribution is -0.122. The molecule has 1 amide bonds. The van der Waals surface area contributed by atoms with E-state index in [1.54, 1.807) is 0 Å². The van der Waals surface area contributed by atoms with Gasteiger partial charge in [0.05, 0.1) is 13.2 Å². The van der Waals surface area contributed by atoms with Gasteiger partial charge in [-0.05, 0) is 19.5 Å². The average molecular weight is 287 g/mol. The summed E-state index contributed by atoms with van der Waals surface area (Å²) < 4.78 is 5.45. The monoisotopic (exact) mass is 286 g/mol. The van der Waals surface area contributed by atoms with Crippen molar-refractivity contribution in [2.24, 2.45) is 0 Å². The number of hydrogen-bond donors (Lipinski definition) is 2. The zero-order chi connectivity index (χ0) is 13.2. The molecule has 1 aromatic rings. The summed E-state index contributed by atoms with van der Waals surface area (Å²) in [5.41, 5.74) is 1.13. The van der Waals surface area contributed by atoms with Crippen molar-refractivity contribution in [2.45, 2.75) is 26.0 Å². The Morgan fingerprint density at radius 3 is 2.63 bits per heavy atom. The van der Waals surface area contributed by atoms with E-state index in [-0.39, 0.29) is 18.3 Å². The van der Waals surface area contributed by atoms with Gasteiger partial charge in [-0.25, -0.2) is 0 Å². The first-order chi connectivity index (χ1) is 8.72. The lowest BCUT2D eigenvalue weighted by atomic mass is 10.2. The van der Waals surface area contributed by atoms with E-state index >= 15 is 0 Å². The van der Waals surface area contributed by atoms with E-state index in [1.807, 2.05) is 44.3 Å². The molecule has 0 aromatic heterocycles. The van der Waals surface area contributed by atoms with E-state index in [9.17, 15) is 4.79 Å². The van der Waals surface area contributed by atoms with Gasteiger partial charge in [0.25, 0.3) is 0 Å². The highest BCUT2D eigenvalue weighted by atomic mass is 35.5. The van der Waals surface area contributed by atoms with Crippen LogP contribution in [0.15, 0.2) is 30.3 Å². The van der Waals surface area contributed by atoms with Crippen molar-refractivity contribution < 1.29 is 9.53 Å². The molecule has 0 aliphatic heterocycles. The van der Waals surface area contributed by atoms with Gasteiger partial charge in [0.15, 0.2) is 0 Å². The Labute approximate surface area is 121 Å². The van der Waals surface area contributed by atoms with Crippen LogP contribution in [0.4, 0.5) is 0 Å². The Morgan fingerprint density at radius 2 is 2.00 bits per heavy atom. The van der Waals surface area contributed by atoms with Crippen molar-refractivity contribution in [3.63, 3.8) is 0 Å². The highest BCUT2D eigenvalue weighted by molar-refractivity contribution is 5.85. The van der Waals surface area contributed by atoms with Crippen molar-refractivity contribution >= 4 is 18.3 Å². The first-order valence-electron chi connectivity index (χ1n) is 6.28. The summed E-state index contributed by atoms with van der Waals surface area (Å²) in [5, 5.41) is 5.91. The van der Waals surface area contributed by atoms with E-state index in [0.717, 1.165) is 5.56 Å². The van der Waals surface area contributed by atoms with Crippen LogP contribution in [0.5, 0.6) is 0 Å². The number of likely N-dealkylation sites (N-methyl/N-ethyl adjacent to an activating group) is 1. The van der Waals surface area contributed by atoms with Crippen molar-refractivity contribution in [1.82, 2.24) is 10.6 Å². The third-order valence-corrected chi connectivity index (χ3v) is 2.68. The average Bonchev–Trinajstić information content (AvgIpc) is 2.42. The number of halogens is 1. The number of benzene rings is 1. The predicted octanol–water partition coefficient (Wildman–Crippen LogP) is 1.74. The van der Waals surface area contributed by atoms with Gasteiger partial charge in [-0.3, -0.25) is 4.79 Å². The second-order valence-electron chi connectivity index (χ2n) is 4.28. The number of nitrogens with one attached hydrogen (secondary N) is 2. The van der Waals surface area contributed by atoms with Crippen LogP contribution in [0.25, 0.3) is 0 Å². The number of carbonyl (C=O) groups is 1.